The van der Waals surface area contributed by atoms with Crippen molar-refractivity contribution in [2.24, 2.45) is 0 Å². The van der Waals surface area contributed by atoms with Gasteiger partial charge in [0.05, 0.1) is 11.9 Å². The zero-order valence-corrected chi connectivity index (χ0v) is 9.56. The van der Waals surface area contributed by atoms with Gasteiger partial charge in [-0.25, -0.2) is 0 Å². The molecule has 0 radical (unpaired) electrons. The molecule has 100 valence electrons. The number of halogens is 2. The lowest BCUT2D eigenvalue weighted by atomic mass is 10.2. The predicted molar refractivity (Wildman–Crippen MR) is 64.0 cm³/mol. The van der Waals surface area contributed by atoms with Crippen LogP contribution in [0.25, 0.3) is 0 Å². The van der Waals surface area contributed by atoms with Gasteiger partial charge in [0.25, 0.3) is 5.91 Å². The number of nitrogens with two attached hydrogens (primary N) is 1. The van der Waals surface area contributed by atoms with Crippen LogP contribution in [-0.4, -0.2) is 22.7 Å². The van der Waals surface area contributed by atoms with Crippen LogP contribution >= 0.6 is 0 Å². The number of aromatic amines is 1. The molecule has 0 unspecified atom stereocenters. The van der Waals surface area contributed by atoms with Gasteiger partial charge in [0.1, 0.15) is 17.1 Å². The van der Waals surface area contributed by atoms with Gasteiger partial charge in [-0.15, -0.1) is 0 Å². The molecule has 1 amide bonds. The van der Waals surface area contributed by atoms with E-state index in [0.29, 0.717) is 0 Å². The van der Waals surface area contributed by atoms with Crippen molar-refractivity contribution < 1.29 is 18.3 Å². The maximum atomic E-state index is 12.2. The number of rotatable bonds is 4. The van der Waals surface area contributed by atoms with Crippen LogP contribution < -0.4 is 15.8 Å². The molecule has 0 bridgehead atoms. The summed E-state index contributed by atoms with van der Waals surface area (Å²) in [7, 11) is 0. The van der Waals surface area contributed by atoms with E-state index in [1.54, 1.807) is 6.07 Å². The van der Waals surface area contributed by atoms with Crippen molar-refractivity contribution in [3.05, 3.63) is 36.0 Å². The van der Waals surface area contributed by atoms with Gasteiger partial charge < -0.3 is 15.8 Å². The second-order valence-corrected chi connectivity index (χ2v) is 3.53. The Labute approximate surface area is 106 Å². The third kappa shape index (κ3) is 2.97. The molecule has 4 N–H and O–H groups in total. The fraction of sp³-hybridized carbons (Fsp3) is 0.0909. The van der Waals surface area contributed by atoms with Crippen molar-refractivity contribution in [2.45, 2.75) is 6.61 Å². The van der Waals surface area contributed by atoms with E-state index in [-0.39, 0.29) is 22.8 Å². The lowest BCUT2D eigenvalue weighted by Gasteiger charge is -2.11. The number of benzene rings is 1. The minimum atomic E-state index is -2.97. The van der Waals surface area contributed by atoms with Gasteiger partial charge in [-0.1, -0.05) is 12.1 Å². The monoisotopic (exact) mass is 268 g/mol. The Kier molecular flexibility index (Phi) is 3.60. The highest BCUT2D eigenvalue weighted by Crippen LogP contribution is 2.26. The van der Waals surface area contributed by atoms with E-state index in [4.69, 9.17) is 5.73 Å². The topological polar surface area (TPSA) is 93.0 Å². The van der Waals surface area contributed by atoms with Crippen molar-refractivity contribution in [2.75, 3.05) is 11.1 Å². The van der Waals surface area contributed by atoms with Crippen LogP contribution in [0.2, 0.25) is 0 Å². The van der Waals surface area contributed by atoms with Crippen LogP contribution in [0.4, 0.5) is 20.3 Å². The first kappa shape index (κ1) is 12.8. The number of carbonyl (C=O) groups is 1. The molecule has 0 saturated heterocycles. The molecule has 6 nitrogen and oxygen atoms in total. The normalized spacial score (nSPS) is 10.5. The standard InChI is InChI=1S/C11H10F2N4O2/c12-11(13)19-8-4-2-1-3-7(8)16-10(18)6-5-15-17-9(6)14/h1-5,11H,(H,16,18)(H3,14,15,17). The number of anilines is 2. The third-order valence-electron chi connectivity index (χ3n) is 2.26. The number of nitrogens with zero attached hydrogens (tertiary/aromatic N) is 1. The molecule has 0 aliphatic carbocycles. The lowest BCUT2D eigenvalue weighted by molar-refractivity contribution is -0.0493. The number of nitrogens with one attached hydrogen (secondary N) is 2. The minimum Gasteiger partial charge on any atom is -0.433 e. The zero-order chi connectivity index (χ0) is 13.8. The number of nitrogen functional groups attached to an aromatic ring is 1. The summed E-state index contributed by atoms with van der Waals surface area (Å²) in [4.78, 5) is 11.8. The lowest BCUT2D eigenvalue weighted by Crippen LogP contribution is -2.14. The minimum absolute atomic E-state index is 0.0877. The van der Waals surface area contributed by atoms with Crippen molar-refractivity contribution in [3.63, 3.8) is 0 Å². The smallest absolute Gasteiger partial charge is 0.387 e. The molecular weight excluding hydrogens is 258 g/mol. The first-order chi connectivity index (χ1) is 9.08. The molecule has 1 aromatic carbocycles. The highest BCUT2D eigenvalue weighted by atomic mass is 19.3. The summed E-state index contributed by atoms with van der Waals surface area (Å²) in [5.41, 5.74) is 5.72. The summed E-state index contributed by atoms with van der Waals surface area (Å²) in [5, 5.41) is 8.41. The summed E-state index contributed by atoms with van der Waals surface area (Å²) in [5.74, 6) is -0.616. The molecular formula is C11H10F2N4O2. The molecule has 0 saturated carbocycles. The molecule has 2 aromatic rings. The van der Waals surface area contributed by atoms with Crippen LogP contribution in [-0.2, 0) is 0 Å². The Morgan fingerprint density at radius 3 is 2.79 bits per heavy atom. The number of hydrogen-bond acceptors (Lipinski definition) is 4. The highest BCUT2D eigenvalue weighted by molar-refractivity contribution is 6.07. The average molecular weight is 268 g/mol. The van der Waals surface area contributed by atoms with Gasteiger partial charge in [0.15, 0.2) is 0 Å². The molecule has 1 aromatic heterocycles. The van der Waals surface area contributed by atoms with Gasteiger partial charge in [0.2, 0.25) is 0 Å². The molecule has 8 heteroatoms. The van der Waals surface area contributed by atoms with Crippen LogP contribution in [0.1, 0.15) is 10.4 Å². The van der Waals surface area contributed by atoms with E-state index < -0.39 is 12.5 Å². The van der Waals surface area contributed by atoms with Gasteiger partial charge >= 0.3 is 6.61 Å². The summed E-state index contributed by atoms with van der Waals surface area (Å²) in [6.07, 6.45) is 1.24. The van der Waals surface area contributed by atoms with Crippen LogP contribution in [0.3, 0.4) is 0 Å². The second kappa shape index (κ2) is 5.34. The van der Waals surface area contributed by atoms with Crippen molar-refractivity contribution in [3.8, 4) is 5.75 Å². The molecule has 0 aliphatic rings. The molecule has 1 heterocycles. The van der Waals surface area contributed by atoms with E-state index in [1.165, 1.54) is 24.4 Å². The molecule has 0 fully saturated rings. The van der Waals surface area contributed by atoms with Gasteiger partial charge in [0, 0.05) is 0 Å². The summed E-state index contributed by atoms with van der Waals surface area (Å²) < 4.78 is 28.7. The SMILES string of the molecule is Nc1[nH]ncc1C(=O)Nc1ccccc1OC(F)F. The maximum Gasteiger partial charge on any atom is 0.387 e. The van der Waals surface area contributed by atoms with E-state index in [9.17, 15) is 13.6 Å². The average Bonchev–Trinajstić information content (AvgIpc) is 2.77. The number of aromatic nitrogens is 2. The Morgan fingerprint density at radius 1 is 1.42 bits per heavy atom. The largest absolute Gasteiger partial charge is 0.433 e. The Morgan fingerprint density at radius 2 is 2.16 bits per heavy atom. The molecule has 19 heavy (non-hydrogen) atoms. The van der Waals surface area contributed by atoms with Crippen LogP contribution in [0.15, 0.2) is 30.5 Å². The highest BCUT2D eigenvalue weighted by Gasteiger charge is 2.15. The number of ether oxygens (including phenoxy) is 1. The van der Waals surface area contributed by atoms with Crippen molar-refractivity contribution in [1.82, 2.24) is 10.2 Å². The Balaban J connectivity index is 2.19. The first-order valence-electron chi connectivity index (χ1n) is 5.22. The molecule has 0 spiro atoms. The van der Waals surface area contributed by atoms with Crippen LogP contribution in [0, 0.1) is 0 Å². The number of hydrogen-bond donors (Lipinski definition) is 3. The number of carbonyl (C=O) groups excluding carboxylic acids is 1. The Hall–Kier alpha value is -2.64. The summed E-state index contributed by atoms with van der Waals surface area (Å²) in [6.45, 7) is -2.97. The maximum absolute atomic E-state index is 12.2. The van der Waals surface area contributed by atoms with E-state index >= 15 is 0 Å². The third-order valence-corrected chi connectivity index (χ3v) is 2.26. The quantitative estimate of drug-likeness (QED) is 0.788. The van der Waals surface area contributed by atoms with E-state index in [2.05, 4.69) is 20.3 Å². The molecule has 2 rings (SSSR count). The molecule has 0 aliphatic heterocycles. The van der Waals surface area contributed by atoms with Crippen molar-refractivity contribution >= 4 is 17.4 Å². The number of para-hydroxylation sites is 2. The number of H-pyrrole nitrogens is 1. The zero-order valence-electron chi connectivity index (χ0n) is 9.56. The Bertz CT molecular complexity index is 586. The molecule has 0 atom stereocenters. The predicted octanol–water partition coefficient (Wildman–Crippen LogP) is 1.85. The fourth-order valence-electron chi connectivity index (χ4n) is 1.44. The van der Waals surface area contributed by atoms with Crippen LogP contribution in [0.5, 0.6) is 5.75 Å². The van der Waals surface area contributed by atoms with E-state index in [0.717, 1.165) is 0 Å². The van der Waals surface area contributed by atoms with Gasteiger partial charge in [-0.3, -0.25) is 9.89 Å². The van der Waals surface area contributed by atoms with Gasteiger partial charge in [-0.2, -0.15) is 13.9 Å². The van der Waals surface area contributed by atoms with Crippen molar-refractivity contribution in [1.29, 1.82) is 0 Å². The number of alkyl halides is 2. The number of amides is 1. The summed E-state index contributed by atoms with van der Waals surface area (Å²) in [6, 6.07) is 5.85. The fourth-order valence-corrected chi connectivity index (χ4v) is 1.44. The second-order valence-electron chi connectivity index (χ2n) is 3.53. The summed E-state index contributed by atoms with van der Waals surface area (Å²) >= 11 is 0. The first-order valence-corrected chi connectivity index (χ1v) is 5.22. The van der Waals surface area contributed by atoms with Gasteiger partial charge in [-0.05, 0) is 12.1 Å². The van der Waals surface area contributed by atoms with E-state index in [1.807, 2.05) is 0 Å².